The molecule has 17 heavy (non-hydrogen) atoms. The van der Waals surface area contributed by atoms with E-state index in [1.54, 1.807) is 23.9 Å². The predicted octanol–water partition coefficient (Wildman–Crippen LogP) is 3.47. The van der Waals surface area contributed by atoms with E-state index in [9.17, 15) is 0 Å². The van der Waals surface area contributed by atoms with E-state index in [1.165, 1.54) is 10.6 Å². The van der Waals surface area contributed by atoms with Gasteiger partial charge in [-0.25, -0.2) is 4.98 Å². The maximum atomic E-state index is 5.11. The summed E-state index contributed by atoms with van der Waals surface area (Å²) in [6, 6.07) is 1.96. The van der Waals surface area contributed by atoms with E-state index in [2.05, 4.69) is 19.2 Å². The standard InChI is InChI=1S/C13H18N2OS/c1-3-5-11-12(8-14-4-2)17-13(15-11)10-6-7-16-9-10/h6-7,9,14H,3-5,8H2,1-2H3. The van der Waals surface area contributed by atoms with E-state index in [0.717, 1.165) is 36.5 Å². The van der Waals surface area contributed by atoms with Crippen molar-refractivity contribution in [1.82, 2.24) is 10.3 Å². The van der Waals surface area contributed by atoms with Gasteiger partial charge in [0.05, 0.1) is 12.0 Å². The molecular weight excluding hydrogens is 232 g/mol. The van der Waals surface area contributed by atoms with Gasteiger partial charge >= 0.3 is 0 Å². The molecule has 0 aliphatic rings. The van der Waals surface area contributed by atoms with Gasteiger partial charge in [-0.05, 0) is 19.0 Å². The molecule has 0 aliphatic heterocycles. The fourth-order valence-electron chi connectivity index (χ4n) is 1.70. The first-order valence-corrected chi connectivity index (χ1v) is 6.88. The quantitative estimate of drug-likeness (QED) is 0.853. The Morgan fingerprint density at radius 3 is 2.94 bits per heavy atom. The molecule has 2 heterocycles. The number of hydrogen-bond donors (Lipinski definition) is 1. The van der Waals surface area contributed by atoms with Crippen molar-refractivity contribution in [1.29, 1.82) is 0 Å². The Morgan fingerprint density at radius 2 is 2.29 bits per heavy atom. The van der Waals surface area contributed by atoms with Crippen LogP contribution in [0.4, 0.5) is 0 Å². The number of aromatic nitrogens is 1. The summed E-state index contributed by atoms with van der Waals surface area (Å²) in [7, 11) is 0. The predicted molar refractivity (Wildman–Crippen MR) is 71.2 cm³/mol. The second kappa shape index (κ2) is 5.98. The van der Waals surface area contributed by atoms with Gasteiger partial charge < -0.3 is 9.73 Å². The Balaban J connectivity index is 2.24. The van der Waals surface area contributed by atoms with Crippen LogP contribution in [0.15, 0.2) is 23.0 Å². The second-order valence-corrected chi connectivity index (χ2v) is 5.01. The molecule has 4 heteroatoms. The van der Waals surface area contributed by atoms with E-state index in [-0.39, 0.29) is 0 Å². The second-order valence-electron chi connectivity index (χ2n) is 3.93. The van der Waals surface area contributed by atoms with Gasteiger partial charge in [0.1, 0.15) is 11.3 Å². The Kier molecular flexibility index (Phi) is 4.34. The van der Waals surface area contributed by atoms with E-state index in [1.807, 2.05) is 6.07 Å². The van der Waals surface area contributed by atoms with Gasteiger partial charge in [0.2, 0.25) is 0 Å². The molecule has 3 nitrogen and oxygen atoms in total. The summed E-state index contributed by atoms with van der Waals surface area (Å²) >= 11 is 1.76. The third-order valence-electron chi connectivity index (χ3n) is 2.57. The van der Waals surface area contributed by atoms with Crippen LogP contribution < -0.4 is 5.32 Å². The minimum absolute atomic E-state index is 0.918. The highest BCUT2D eigenvalue weighted by Crippen LogP contribution is 2.29. The van der Waals surface area contributed by atoms with Crippen LogP contribution in [0.1, 0.15) is 30.8 Å². The molecule has 0 unspecified atom stereocenters. The monoisotopic (exact) mass is 250 g/mol. The number of nitrogens with zero attached hydrogens (tertiary/aromatic N) is 1. The zero-order valence-electron chi connectivity index (χ0n) is 10.3. The molecule has 0 saturated carbocycles. The topological polar surface area (TPSA) is 38.1 Å². The number of aryl methyl sites for hydroxylation is 1. The van der Waals surface area contributed by atoms with Crippen LogP contribution in [0.3, 0.4) is 0 Å². The number of nitrogens with one attached hydrogen (secondary N) is 1. The lowest BCUT2D eigenvalue weighted by atomic mass is 10.2. The molecule has 0 bridgehead atoms. The SMILES string of the molecule is CCCc1nc(-c2ccoc2)sc1CNCC. The van der Waals surface area contributed by atoms with Gasteiger partial charge in [0.25, 0.3) is 0 Å². The maximum Gasteiger partial charge on any atom is 0.127 e. The molecule has 2 rings (SSSR count). The minimum Gasteiger partial charge on any atom is -0.472 e. The van der Waals surface area contributed by atoms with Crippen molar-refractivity contribution in [3.63, 3.8) is 0 Å². The lowest BCUT2D eigenvalue weighted by Crippen LogP contribution is -2.11. The molecule has 0 spiro atoms. The summed E-state index contributed by atoms with van der Waals surface area (Å²) in [5.74, 6) is 0. The Labute approximate surface area is 106 Å². The normalized spacial score (nSPS) is 10.9. The Hall–Kier alpha value is -1.13. The lowest BCUT2D eigenvalue weighted by Gasteiger charge is -2.00. The van der Waals surface area contributed by atoms with Crippen molar-refractivity contribution in [3.8, 4) is 10.6 Å². The van der Waals surface area contributed by atoms with Crippen molar-refractivity contribution >= 4 is 11.3 Å². The Bertz CT molecular complexity index is 448. The van der Waals surface area contributed by atoms with Gasteiger partial charge in [0, 0.05) is 17.0 Å². The molecule has 2 aromatic heterocycles. The highest BCUT2D eigenvalue weighted by atomic mass is 32.1. The van der Waals surface area contributed by atoms with Crippen LogP contribution in [-0.2, 0) is 13.0 Å². The average molecular weight is 250 g/mol. The smallest absolute Gasteiger partial charge is 0.127 e. The van der Waals surface area contributed by atoms with Crippen molar-refractivity contribution in [3.05, 3.63) is 29.2 Å². The van der Waals surface area contributed by atoms with Crippen LogP contribution in [0.2, 0.25) is 0 Å². The fourth-order valence-corrected chi connectivity index (χ4v) is 2.76. The first kappa shape index (κ1) is 12.3. The third-order valence-corrected chi connectivity index (χ3v) is 3.72. The molecule has 1 N–H and O–H groups in total. The van der Waals surface area contributed by atoms with Gasteiger partial charge in [-0.1, -0.05) is 20.3 Å². The molecule has 0 aliphatic carbocycles. The van der Waals surface area contributed by atoms with Gasteiger partial charge in [-0.15, -0.1) is 11.3 Å². The first-order chi connectivity index (χ1) is 8.35. The number of hydrogen-bond acceptors (Lipinski definition) is 4. The fraction of sp³-hybridized carbons (Fsp3) is 0.462. The molecule has 92 valence electrons. The largest absolute Gasteiger partial charge is 0.472 e. The minimum atomic E-state index is 0.918. The third kappa shape index (κ3) is 2.96. The molecule has 0 fully saturated rings. The molecule has 0 saturated heterocycles. The van der Waals surface area contributed by atoms with E-state index in [4.69, 9.17) is 9.40 Å². The molecule has 2 aromatic rings. The molecule has 0 radical (unpaired) electrons. The number of thiazole rings is 1. The molecule has 0 amide bonds. The maximum absolute atomic E-state index is 5.11. The molecule has 0 atom stereocenters. The van der Waals surface area contributed by atoms with Crippen LogP contribution in [0, 0.1) is 0 Å². The summed E-state index contributed by atoms with van der Waals surface area (Å²) in [6.45, 7) is 6.22. The van der Waals surface area contributed by atoms with E-state index >= 15 is 0 Å². The van der Waals surface area contributed by atoms with Gasteiger partial charge in [0.15, 0.2) is 0 Å². The highest BCUT2D eigenvalue weighted by Gasteiger charge is 2.12. The first-order valence-electron chi connectivity index (χ1n) is 6.07. The van der Waals surface area contributed by atoms with Gasteiger partial charge in [-0.2, -0.15) is 0 Å². The zero-order valence-corrected chi connectivity index (χ0v) is 11.1. The van der Waals surface area contributed by atoms with Crippen LogP contribution in [0.5, 0.6) is 0 Å². The summed E-state index contributed by atoms with van der Waals surface area (Å²) in [6.07, 6.45) is 5.63. The molecular formula is C13H18N2OS. The number of furan rings is 1. The van der Waals surface area contributed by atoms with Crippen molar-refractivity contribution in [2.75, 3.05) is 6.54 Å². The van der Waals surface area contributed by atoms with Crippen molar-refractivity contribution in [2.45, 2.75) is 33.2 Å². The summed E-state index contributed by atoms with van der Waals surface area (Å²) in [5.41, 5.74) is 2.31. The van der Waals surface area contributed by atoms with Crippen LogP contribution >= 0.6 is 11.3 Å². The van der Waals surface area contributed by atoms with Crippen molar-refractivity contribution < 1.29 is 4.42 Å². The van der Waals surface area contributed by atoms with Gasteiger partial charge in [-0.3, -0.25) is 0 Å². The average Bonchev–Trinajstić information content (AvgIpc) is 2.95. The van der Waals surface area contributed by atoms with E-state index < -0.39 is 0 Å². The lowest BCUT2D eigenvalue weighted by molar-refractivity contribution is 0.568. The summed E-state index contributed by atoms with van der Waals surface area (Å²) in [5, 5.41) is 4.43. The van der Waals surface area contributed by atoms with Crippen molar-refractivity contribution in [2.24, 2.45) is 0 Å². The highest BCUT2D eigenvalue weighted by molar-refractivity contribution is 7.15. The zero-order chi connectivity index (χ0) is 12.1. The van der Waals surface area contributed by atoms with Crippen LogP contribution in [-0.4, -0.2) is 11.5 Å². The number of rotatable bonds is 6. The van der Waals surface area contributed by atoms with E-state index in [0.29, 0.717) is 0 Å². The molecule has 0 aromatic carbocycles. The Morgan fingerprint density at radius 1 is 1.41 bits per heavy atom. The van der Waals surface area contributed by atoms with Crippen LogP contribution in [0.25, 0.3) is 10.6 Å². The summed E-state index contributed by atoms with van der Waals surface area (Å²) < 4.78 is 5.11. The summed E-state index contributed by atoms with van der Waals surface area (Å²) in [4.78, 5) is 6.07.